The van der Waals surface area contributed by atoms with Gasteiger partial charge in [0.15, 0.2) is 0 Å². The number of methoxy groups -OCH3 is 1. The van der Waals surface area contributed by atoms with E-state index in [1.54, 1.807) is 7.11 Å². The van der Waals surface area contributed by atoms with Gasteiger partial charge in [0.1, 0.15) is 5.75 Å². The number of nitrogen functional groups attached to an aromatic ring is 1. The first kappa shape index (κ1) is 12.8. The van der Waals surface area contributed by atoms with E-state index in [-0.39, 0.29) is 0 Å². The molecule has 0 amide bonds. The van der Waals surface area contributed by atoms with E-state index in [1.807, 2.05) is 42.1 Å². The van der Waals surface area contributed by atoms with Crippen LogP contribution in [0.15, 0.2) is 53.4 Å². The number of aryl methyl sites for hydroxylation is 1. The summed E-state index contributed by atoms with van der Waals surface area (Å²) in [6, 6.07) is 16.2. The molecule has 0 bridgehead atoms. The minimum Gasteiger partial charge on any atom is -0.496 e. The van der Waals surface area contributed by atoms with Gasteiger partial charge >= 0.3 is 0 Å². The normalized spacial score (nSPS) is 10.3. The summed E-state index contributed by atoms with van der Waals surface area (Å²) in [7, 11) is 1.71. The van der Waals surface area contributed by atoms with Crippen molar-refractivity contribution in [3.05, 3.63) is 54.1 Å². The minimum absolute atomic E-state index is 0.816. The van der Waals surface area contributed by atoms with E-state index in [1.165, 1.54) is 10.5 Å². The number of thioether (sulfide) groups is 1. The molecule has 18 heavy (non-hydrogen) atoms. The third-order valence-electron chi connectivity index (χ3n) is 2.70. The number of anilines is 1. The summed E-state index contributed by atoms with van der Waals surface area (Å²) >= 11 is 1.81. The van der Waals surface area contributed by atoms with Crippen LogP contribution in [0.25, 0.3) is 0 Å². The molecule has 2 N–H and O–H groups in total. The molecular formula is C15H17NOS. The maximum atomic E-state index is 5.66. The molecule has 2 rings (SSSR count). The van der Waals surface area contributed by atoms with Gasteiger partial charge in [-0.15, -0.1) is 11.8 Å². The predicted octanol–water partition coefficient (Wildman–Crippen LogP) is 3.61. The second kappa shape index (κ2) is 6.36. The fourth-order valence-corrected chi connectivity index (χ4v) is 2.73. The molecule has 0 aliphatic carbocycles. The minimum atomic E-state index is 0.816. The van der Waals surface area contributed by atoms with E-state index in [4.69, 9.17) is 10.5 Å². The van der Waals surface area contributed by atoms with Crippen LogP contribution in [-0.2, 0) is 6.42 Å². The molecular weight excluding hydrogens is 242 g/mol. The Morgan fingerprint density at radius 2 is 1.78 bits per heavy atom. The van der Waals surface area contributed by atoms with Crippen LogP contribution in [0, 0.1) is 0 Å². The lowest BCUT2D eigenvalue weighted by molar-refractivity contribution is 0.405. The number of ether oxygens (including phenoxy) is 1. The topological polar surface area (TPSA) is 35.2 Å². The molecule has 0 fully saturated rings. The first-order chi connectivity index (χ1) is 8.79. The molecule has 0 atom stereocenters. The highest BCUT2D eigenvalue weighted by atomic mass is 32.2. The molecule has 0 aromatic heterocycles. The lowest BCUT2D eigenvalue weighted by Crippen LogP contribution is -1.91. The van der Waals surface area contributed by atoms with E-state index in [9.17, 15) is 0 Å². The van der Waals surface area contributed by atoms with E-state index in [0.717, 1.165) is 23.6 Å². The largest absolute Gasteiger partial charge is 0.496 e. The first-order valence-electron chi connectivity index (χ1n) is 5.90. The lowest BCUT2D eigenvalue weighted by Gasteiger charge is -2.07. The van der Waals surface area contributed by atoms with Crippen molar-refractivity contribution >= 4 is 17.4 Å². The molecule has 94 valence electrons. The molecule has 0 saturated heterocycles. The molecule has 0 saturated carbocycles. The third kappa shape index (κ3) is 3.44. The van der Waals surface area contributed by atoms with Gasteiger partial charge in [0.2, 0.25) is 0 Å². The SMILES string of the molecule is COc1ccccc1SCCc1ccc(N)cc1. The highest BCUT2D eigenvalue weighted by molar-refractivity contribution is 7.99. The molecule has 2 aromatic rings. The van der Waals surface area contributed by atoms with E-state index in [0.29, 0.717) is 0 Å². The van der Waals surface area contributed by atoms with Gasteiger partial charge in [-0.1, -0.05) is 24.3 Å². The molecule has 2 nitrogen and oxygen atoms in total. The van der Waals surface area contributed by atoms with Gasteiger partial charge in [-0.25, -0.2) is 0 Å². The van der Waals surface area contributed by atoms with Gasteiger partial charge in [0, 0.05) is 16.3 Å². The third-order valence-corrected chi connectivity index (χ3v) is 3.75. The smallest absolute Gasteiger partial charge is 0.132 e. The highest BCUT2D eigenvalue weighted by Crippen LogP contribution is 2.29. The average molecular weight is 259 g/mol. The Hall–Kier alpha value is -1.61. The maximum absolute atomic E-state index is 5.66. The van der Waals surface area contributed by atoms with Crippen molar-refractivity contribution < 1.29 is 4.74 Å². The Morgan fingerprint density at radius 1 is 1.06 bits per heavy atom. The van der Waals surface area contributed by atoms with Gasteiger partial charge in [-0.3, -0.25) is 0 Å². The molecule has 0 spiro atoms. The average Bonchev–Trinajstić information content (AvgIpc) is 2.41. The molecule has 3 heteroatoms. The standard InChI is InChI=1S/C15H17NOS/c1-17-14-4-2-3-5-15(14)18-11-10-12-6-8-13(16)9-7-12/h2-9H,10-11,16H2,1H3. The predicted molar refractivity (Wildman–Crippen MR) is 78.3 cm³/mol. The molecule has 0 unspecified atom stereocenters. The highest BCUT2D eigenvalue weighted by Gasteiger charge is 2.02. The molecule has 0 heterocycles. The zero-order valence-corrected chi connectivity index (χ0v) is 11.2. The summed E-state index contributed by atoms with van der Waals surface area (Å²) < 4.78 is 5.33. The second-order valence-corrected chi connectivity index (χ2v) is 5.13. The number of hydrogen-bond donors (Lipinski definition) is 1. The quantitative estimate of drug-likeness (QED) is 0.658. The van der Waals surface area contributed by atoms with Gasteiger partial charge in [0.05, 0.1) is 7.11 Å². The summed E-state index contributed by atoms with van der Waals surface area (Å²) in [5.74, 6) is 1.98. The van der Waals surface area contributed by atoms with Crippen LogP contribution in [0.5, 0.6) is 5.75 Å². The van der Waals surface area contributed by atoms with Crippen molar-refractivity contribution in [1.29, 1.82) is 0 Å². The van der Waals surface area contributed by atoms with Crippen LogP contribution >= 0.6 is 11.8 Å². The van der Waals surface area contributed by atoms with Gasteiger partial charge in [-0.05, 0) is 36.2 Å². The molecule has 0 aliphatic rings. The Labute approximate surface area is 112 Å². The number of nitrogens with two attached hydrogens (primary N) is 1. The zero-order valence-electron chi connectivity index (χ0n) is 10.4. The van der Waals surface area contributed by atoms with Gasteiger partial charge in [-0.2, -0.15) is 0 Å². The van der Waals surface area contributed by atoms with Crippen molar-refractivity contribution in [2.75, 3.05) is 18.6 Å². The Bertz CT molecular complexity index is 496. The fourth-order valence-electron chi connectivity index (χ4n) is 1.70. The van der Waals surface area contributed by atoms with Crippen molar-refractivity contribution in [2.45, 2.75) is 11.3 Å². The van der Waals surface area contributed by atoms with Crippen molar-refractivity contribution in [3.63, 3.8) is 0 Å². The molecule has 0 aliphatic heterocycles. The number of para-hydroxylation sites is 1. The maximum Gasteiger partial charge on any atom is 0.132 e. The number of hydrogen-bond acceptors (Lipinski definition) is 3. The summed E-state index contributed by atoms with van der Waals surface area (Å²) in [5.41, 5.74) is 7.79. The zero-order chi connectivity index (χ0) is 12.8. The van der Waals surface area contributed by atoms with Crippen LogP contribution in [-0.4, -0.2) is 12.9 Å². The summed E-state index contributed by atoms with van der Waals surface area (Å²) in [6.07, 6.45) is 1.03. The fraction of sp³-hybridized carbons (Fsp3) is 0.200. The Kier molecular flexibility index (Phi) is 4.53. The molecule has 0 radical (unpaired) electrons. The van der Waals surface area contributed by atoms with Crippen LogP contribution in [0.4, 0.5) is 5.69 Å². The van der Waals surface area contributed by atoms with E-state index >= 15 is 0 Å². The second-order valence-electron chi connectivity index (χ2n) is 3.99. The summed E-state index contributed by atoms with van der Waals surface area (Å²) in [6.45, 7) is 0. The Morgan fingerprint density at radius 3 is 2.50 bits per heavy atom. The van der Waals surface area contributed by atoms with Crippen LogP contribution in [0.3, 0.4) is 0 Å². The van der Waals surface area contributed by atoms with Crippen LogP contribution in [0.1, 0.15) is 5.56 Å². The van der Waals surface area contributed by atoms with Crippen LogP contribution in [0.2, 0.25) is 0 Å². The van der Waals surface area contributed by atoms with Crippen molar-refractivity contribution in [2.24, 2.45) is 0 Å². The lowest BCUT2D eigenvalue weighted by atomic mass is 10.2. The van der Waals surface area contributed by atoms with Gasteiger partial charge in [0.25, 0.3) is 0 Å². The number of rotatable bonds is 5. The first-order valence-corrected chi connectivity index (χ1v) is 6.88. The molecule has 2 aromatic carbocycles. The van der Waals surface area contributed by atoms with E-state index < -0.39 is 0 Å². The van der Waals surface area contributed by atoms with Crippen LogP contribution < -0.4 is 10.5 Å². The number of benzene rings is 2. The van der Waals surface area contributed by atoms with Crippen molar-refractivity contribution in [1.82, 2.24) is 0 Å². The Balaban J connectivity index is 1.90. The monoisotopic (exact) mass is 259 g/mol. The van der Waals surface area contributed by atoms with E-state index in [2.05, 4.69) is 18.2 Å². The summed E-state index contributed by atoms with van der Waals surface area (Å²) in [4.78, 5) is 1.19. The summed E-state index contributed by atoms with van der Waals surface area (Å²) in [5, 5.41) is 0. The van der Waals surface area contributed by atoms with Crippen molar-refractivity contribution in [3.8, 4) is 5.75 Å². The van der Waals surface area contributed by atoms with Gasteiger partial charge < -0.3 is 10.5 Å².